The number of benzene rings is 1. The maximum Gasteiger partial charge on any atom is 0.253 e. The van der Waals surface area contributed by atoms with E-state index in [4.69, 9.17) is 4.74 Å². The second-order valence-corrected chi connectivity index (χ2v) is 7.61. The van der Waals surface area contributed by atoms with Crippen LogP contribution in [0.3, 0.4) is 0 Å². The first-order valence-corrected chi connectivity index (χ1v) is 10.2. The summed E-state index contributed by atoms with van der Waals surface area (Å²) in [6.45, 7) is 2.58. The lowest BCUT2D eigenvalue weighted by atomic mass is 9.87. The molecule has 3 N–H and O–H groups in total. The highest BCUT2D eigenvalue weighted by molar-refractivity contribution is 5.94. The Morgan fingerprint density at radius 1 is 1.28 bits per heavy atom. The van der Waals surface area contributed by atoms with Crippen molar-refractivity contribution in [1.82, 2.24) is 20.4 Å². The van der Waals surface area contributed by atoms with Crippen LogP contribution in [0.4, 0.5) is 5.69 Å². The van der Waals surface area contributed by atoms with Gasteiger partial charge in [-0.15, -0.1) is 0 Å². The van der Waals surface area contributed by atoms with Crippen LogP contribution in [0, 0.1) is 0 Å². The van der Waals surface area contributed by atoms with Crippen LogP contribution in [0.5, 0.6) is 0 Å². The molecule has 8 heteroatoms. The van der Waals surface area contributed by atoms with Crippen molar-refractivity contribution < 1.29 is 14.3 Å². The second-order valence-electron chi connectivity index (χ2n) is 7.61. The first-order valence-electron chi connectivity index (χ1n) is 10.2. The number of aromatic nitrogens is 2. The van der Waals surface area contributed by atoms with Gasteiger partial charge in [-0.05, 0) is 62.5 Å². The molecule has 0 spiro atoms. The molecule has 8 nitrogen and oxygen atoms in total. The van der Waals surface area contributed by atoms with Crippen molar-refractivity contribution in [3.63, 3.8) is 0 Å². The van der Waals surface area contributed by atoms with E-state index in [0.29, 0.717) is 31.7 Å². The van der Waals surface area contributed by atoms with Gasteiger partial charge >= 0.3 is 0 Å². The highest BCUT2D eigenvalue weighted by atomic mass is 16.5. The molecule has 2 saturated heterocycles. The zero-order valence-electron chi connectivity index (χ0n) is 16.4. The fraction of sp³-hybridized carbons (Fsp3) is 0.476. The summed E-state index contributed by atoms with van der Waals surface area (Å²) in [7, 11) is 0. The maximum atomic E-state index is 13.1. The van der Waals surface area contributed by atoms with Gasteiger partial charge in [0.05, 0.1) is 0 Å². The average molecular weight is 397 g/mol. The van der Waals surface area contributed by atoms with Gasteiger partial charge in [0, 0.05) is 31.2 Å². The molecule has 0 bridgehead atoms. The van der Waals surface area contributed by atoms with Gasteiger partial charge in [-0.1, -0.05) is 12.1 Å². The molecule has 3 heterocycles. The summed E-state index contributed by atoms with van der Waals surface area (Å²) < 4.78 is 7.21. The van der Waals surface area contributed by atoms with Crippen LogP contribution in [-0.4, -0.2) is 47.4 Å². The molecule has 1 unspecified atom stereocenters. The SMILES string of the molecule is O=C(Nc1cccc(CNC(=O)C2(n3cccn3)CCNCC2)c1)C1CCCO1. The highest BCUT2D eigenvalue weighted by Gasteiger charge is 2.41. The van der Waals surface area contributed by atoms with Crippen LogP contribution in [0.2, 0.25) is 0 Å². The number of hydrogen-bond acceptors (Lipinski definition) is 5. The number of nitrogens with zero attached hydrogens (tertiary/aromatic N) is 2. The highest BCUT2D eigenvalue weighted by Crippen LogP contribution is 2.27. The van der Waals surface area contributed by atoms with Gasteiger partial charge in [-0.2, -0.15) is 5.10 Å². The summed E-state index contributed by atoms with van der Waals surface area (Å²) in [6.07, 6.45) is 6.25. The van der Waals surface area contributed by atoms with E-state index in [-0.39, 0.29) is 17.9 Å². The third kappa shape index (κ3) is 4.33. The molecule has 2 fully saturated rings. The summed E-state index contributed by atoms with van der Waals surface area (Å²) in [5.74, 6) is -0.146. The fourth-order valence-electron chi connectivity index (χ4n) is 4.04. The molecule has 1 aromatic carbocycles. The molecule has 2 aliphatic rings. The minimum atomic E-state index is -0.666. The molecule has 2 aromatic rings. The number of carbonyl (C=O) groups excluding carboxylic acids is 2. The topological polar surface area (TPSA) is 97.3 Å². The van der Waals surface area contributed by atoms with E-state index in [9.17, 15) is 9.59 Å². The van der Waals surface area contributed by atoms with E-state index >= 15 is 0 Å². The summed E-state index contributed by atoms with van der Waals surface area (Å²) in [6, 6.07) is 9.38. The Bertz CT molecular complexity index is 840. The molecule has 154 valence electrons. The van der Waals surface area contributed by atoms with Crippen LogP contribution >= 0.6 is 0 Å². The Labute approximate surface area is 170 Å². The van der Waals surface area contributed by atoms with Crippen molar-refractivity contribution in [3.8, 4) is 0 Å². The first-order chi connectivity index (χ1) is 14.2. The first kappa shape index (κ1) is 19.6. The Morgan fingerprint density at radius 2 is 2.14 bits per heavy atom. The number of rotatable bonds is 6. The van der Waals surface area contributed by atoms with Crippen molar-refractivity contribution in [2.24, 2.45) is 0 Å². The van der Waals surface area contributed by atoms with Gasteiger partial charge in [-0.25, -0.2) is 0 Å². The summed E-state index contributed by atoms with van der Waals surface area (Å²) >= 11 is 0. The molecule has 0 saturated carbocycles. The Hall–Kier alpha value is -2.71. The van der Waals surface area contributed by atoms with E-state index in [1.807, 2.05) is 36.5 Å². The molecular weight excluding hydrogens is 370 g/mol. The van der Waals surface area contributed by atoms with E-state index in [1.54, 1.807) is 10.9 Å². The molecular formula is C21H27N5O3. The number of ether oxygens (including phenoxy) is 1. The molecule has 4 rings (SSSR count). The van der Waals surface area contributed by atoms with E-state index in [2.05, 4.69) is 21.0 Å². The van der Waals surface area contributed by atoms with Crippen LogP contribution < -0.4 is 16.0 Å². The lowest BCUT2D eigenvalue weighted by Gasteiger charge is -2.36. The summed E-state index contributed by atoms with van der Waals surface area (Å²) in [5, 5.41) is 13.6. The smallest absolute Gasteiger partial charge is 0.253 e. The van der Waals surface area contributed by atoms with Gasteiger partial charge in [0.2, 0.25) is 5.91 Å². The van der Waals surface area contributed by atoms with Gasteiger partial charge in [0.15, 0.2) is 0 Å². The summed E-state index contributed by atoms with van der Waals surface area (Å²) in [5.41, 5.74) is 0.967. The number of anilines is 1. The molecule has 1 aromatic heterocycles. The molecule has 0 radical (unpaired) electrons. The van der Waals surface area contributed by atoms with Crippen LogP contribution in [0.1, 0.15) is 31.2 Å². The second kappa shape index (κ2) is 8.75. The third-order valence-corrected chi connectivity index (χ3v) is 5.67. The van der Waals surface area contributed by atoms with Crippen molar-refractivity contribution in [1.29, 1.82) is 0 Å². The number of carbonyl (C=O) groups is 2. The standard InChI is InChI=1S/C21H27N5O3/c27-19(18-6-2-13-29-18)25-17-5-1-4-16(14-17)15-23-20(28)21(7-10-22-11-8-21)26-12-3-9-24-26/h1,3-5,9,12,14,18,22H,2,6-8,10-11,13,15H2,(H,23,28)(H,25,27). The van der Waals surface area contributed by atoms with Gasteiger partial charge in [0.1, 0.15) is 11.6 Å². The summed E-state index contributed by atoms with van der Waals surface area (Å²) in [4.78, 5) is 25.4. The van der Waals surface area contributed by atoms with Crippen molar-refractivity contribution in [2.75, 3.05) is 25.0 Å². The number of amides is 2. The van der Waals surface area contributed by atoms with Gasteiger partial charge in [-0.3, -0.25) is 14.3 Å². The Kier molecular flexibility index (Phi) is 5.92. The Morgan fingerprint density at radius 3 is 2.86 bits per heavy atom. The Balaban J connectivity index is 1.40. The predicted molar refractivity (Wildman–Crippen MR) is 108 cm³/mol. The predicted octanol–water partition coefficient (Wildman–Crippen LogP) is 1.40. The minimum Gasteiger partial charge on any atom is -0.368 e. The van der Waals surface area contributed by atoms with E-state index < -0.39 is 5.54 Å². The lowest BCUT2D eigenvalue weighted by molar-refractivity contribution is -0.132. The van der Waals surface area contributed by atoms with Gasteiger partial charge in [0.25, 0.3) is 5.91 Å². The maximum absolute atomic E-state index is 13.1. The van der Waals surface area contributed by atoms with E-state index in [1.165, 1.54) is 0 Å². The largest absolute Gasteiger partial charge is 0.368 e. The number of nitrogens with one attached hydrogen (secondary N) is 3. The molecule has 2 amide bonds. The molecule has 2 aliphatic heterocycles. The molecule has 0 aliphatic carbocycles. The normalized spacial score (nSPS) is 20.9. The van der Waals surface area contributed by atoms with Gasteiger partial charge < -0.3 is 20.7 Å². The third-order valence-electron chi connectivity index (χ3n) is 5.67. The van der Waals surface area contributed by atoms with Crippen molar-refractivity contribution >= 4 is 17.5 Å². The number of hydrogen-bond donors (Lipinski definition) is 3. The molecule has 1 atom stereocenters. The molecule has 29 heavy (non-hydrogen) atoms. The van der Waals surface area contributed by atoms with E-state index in [0.717, 1.165) is 31.5 Å². The average Bonchev–Trinajstić information content (AvgIpc) is 3.47. The van der Waals surface area contributed by atoms with Crippen LogP contribution in [-0.2, 0) is 26.4 Å². The minimum absolute atomic E-state index is 0.0310. The lowest BCUT2D eigenvalue weighted by Crippen LogP contribution is -2.54. The van der Waals surface area contributed by atoms with Crippen LogP contribution in [0.25, 0.3) is 0 Å². The zero-order chi connectivity index (χ0) is 20.1. The quantitative estimate of drug-likeness (QED) is 0.685. The van der Waals surface area contributed by atoms with Crippen LogP contribution in [0.15, 0.2) is 42.7 Å². The monoisotopic (exact) mass is 397 g/mol. The van der Waals surface area contributed by atoms with Crippen molar-refractivity contribution in [2.45, 2.75) is 43.9 Å². The number of piperidine rings is 1. The zero-order valence-corrected chi connectivity index (χ0v) is 16.4. The van der Waals surface area contributed by atoms with Crippen molar-refractivity contribution in [3.05, 3.63) is 48.3 Å². The fourth-order valence-corrected chi connectivity index (χ4v) is 4.04.